The Morgan fingerprint density at radius 2 is 1.41 bits per heavy atom. The Morgan fingerprint density at radius 1 is 1.00 bits per heavy atom. The van der Waals surface area contributed by atoms with Gasteiger partial charge in [-0.2, -0.15) is 0 Å². The van der Waals surface area contributed by atoms with Gasteiger partial charge in [-0.05, 0) is 34.6 Å². The van der Waals surface area contributed by atoms with Crippen molar-refractivity contribution in [1.29, 1.82) is 0 Å². The molecule has 0 aliphatic rings. The van der Waals surface area contributed by atoms with E-state index in [-0.39, 0.29) is 0 Å². The summed E-state index contributed by atoms with van der Waals surface area (Å²) in [7, 11) is 0. The van der Waals surface area contributed by atoms with Crippen LogP contribution >= 0.6 is 0 Å². The molecule has 0 saturated heterocycles. The number of aliphatic imine (C=N–C) groups is 2. The molecule has 0 radical (unpaired) electrons. The Kier molecular flexibility index (Phi) is 4.87. The van der Waals surface area contributed by atoms with E-state index in [1.54, 1.807) is 19.6 Å². The zero-order chi connectivity index (χ0) is 16.3. The number of aliphatic hydroxyl groups excluding tert-OH is 1. The predicted molar refractivity (Wildman–Crippen MR) is 86.4 cm³/mol. The third-order valence-electron chi connectivity index (χ3n) is 3.24. The van der Waals surface area contributed by atoms with Crippen LogP contribution in [0, 0.1) is 13.8 Å². The van der Waals surface area contributed by atoms with Gasteiger partial charge >= 0.3 is 0 Å². The van der Waals surface area contributed by atoms with E-state index in [1.807, 2.05) is 49.2 Å². The molecule has 2 heterocycles. The first-order valence-corrected chi connectivity index (χ1v) is 7.15. The van der Waals surface area contributed by atoms with Crippen LogP contribution in [-0.4, -0.2) is 48.1 Å². The molecule has 0 aromatic carbocycles. The van der Waals surface area contributed by atoms with Gasteiger partial charge in [-0.1, -0.05) is 0 Å². The fourth-order valence-corrected chi connectivity index (χ4v) is 1.96. The van der Waals surface area contributed by atoms with Crippen LogP contribution in [0.3, 0.4) is 0 Å². The number of hydrogen-bond donors (Lipinski definition) is 1. The summed E-state index contributed by atoms with van der Waals surface area (Å²) in [5, 5.41) is 9.95. The standard InChI is InChI=1S/C15H22N6O/c1-10-6-20(8-16-10)13(4)18-15(12(3)22)19-14(5)21-7-11(2)17-9-21/h6-9,12,15,22H,1-5H3/b18-13+,19-14+. The summed E-state index contributed by atoms with van der Waals surface area (Å²) in [4.78, 5) is 17.3. The van der Waals surface area contributed by atoms with Gasteiger partial charge in [-0.15, -0.1) is 0 Å². The fraction of sp³-hybridized carbons (Fsp3) is 0.467. The minimum atomic E-state index is -0.695. The maximum atomic E-state index is 9.95. The highest BCUT2D eigenvalue weighted by molar-refractivity contribution is 5.84. The van der Waals surface area contributed by atoms with Crippen molar-refractivity contribution in [3.63, 3.8) is 0 Å². The van der Waals surface area contributed by atoms with Crippen LogP contribution in [-0.2, 0) is 0 Å². The lowest BCUT2D eigenvalue weighted by Gasteiger charge is -2.14. The molecule has 118 valence electrons. The number of imidazole rings is 2. The lowest BCUT2D eigenvalue weighted by molar-refractivity contribution is 0.167. The summed E-state index contributed by atoms with van der Waals surface area (Å²) in [6.45, 7) is 9.24. The molecule has 0 fully saturated rings. The zero-order valence-corrected chi connectivity index (χ0v) is 13.6. The molecule has 0 saturated carbocycles. The van der Waals surface area contributed by atoms with Gasteiger partial charge in [0.05, 0.1) is 17.5 Å². The lowest BCUT2D eigenvalue weighted by atomic mass is 10.3. The largest absolute Gasteiger partial charge is 0.389 e. The second-order valence-corrected chi connectivity index (χ2v) is 5.35. The maximum absolute atomic E-state index is 9.95. The summed E-state index contributed by atoms with van der Waals surface area (Å²) < 4.78 is 3.63. The molecule has 2 rings (SSSR count). The molecule has 1 atom stereocenters. The Morgan fingerprint density at radius 3 is 1.68 bits per heavy atom. The molecule has 0 aliphatic carbocycles. The third kappa shape index (κ3) is 3.88. The van der Waals surface area contributed by atoms with E-state index in [1.165, 1.54) is 0 Å². The number of aliphatic hydroxyl groups is 1. The van der Waals surface area contributed by atoms with Crippen LogP contribution in [0.15, 0.2) is 35.0 Å². The van der Waals surface area contributed by atoms with Crippen molar-refractivity contribution in [2.75, 3.05) is 0 Å². The first-order chi connectivity index (χ1) is 10.4. The Bertz CT molecular complexity index is 638. The summed E-state index contributed by atoms with van der Waals surface area (Å²) in [5.74, 6) is 1.45. The van der Waals surface area contributed by atoms with Crippen LogP contribution in [0.2, 0.25) is 0 Å². The Hall–Kier alpha value is -2.28. The molecule has 7 nitrogen and oxygen atoms in total. The highest BCUT2D eigenvalue weighted by Crippen LogP contribution is 2.06. The van der Waals surface area contributed by atoms with Gasteiger partial charge < -0.3 is 5.11 Å². The molecular formula is C15H22N6O. The van der Waals surface area contributed by atoms with Crippen molar-refractivity contribution in [2.45, 2.75) is 46.9 Å². The van der Waals surface area contributed by atoms with Crippen molar-refractivity contribution >= 4 is 11.7 Å². The van der Waals surface area contributed by atoms with E-state index in [4.69, 9.17) is 0 Å². The summed E-state index contributed by atoms with van der Waals surface area (Å²) in [6, 6.07) is 0. The van der Waals surface area contributed by atoms with Gasteiger partial charge in [0.1, 0.15) is 24.3 Å². The number of hydrogen-bond acceptors (Lipinski definition) is 5. The summed E-state index contributed by atoms with van der Waals surface area (Å²) >= 11 is 0. The molecule has 22 heavy (non-hydrogen) atoms. The molecule has 1 unspecified atom stereocenters. The predicted octanol–water partition coefficient (Wildman–Crippen LogP) is 1.64. The van der Waals surface area contributed by atoms with Crippen LogP contribution in [0.25, 0.3) is 0 Å². The van der Waals surface area contributed by atoms with E-state index in [0.717, 1.165) is 23.1 Å². The van der Waals surface area contributed by atoms with Crippen LogP contribution < -0.4 is 0 Å². The molecule has 0 amide bonds. The number of rotatable bonds is 3. The number of aromatic nitrogens is 4. The van der Waals surface area contributed by atoms with Gasteiger partial charge in [-0.25, -0.2) is 20.0 Å². The first kappa shape index (κ1) is 16.1. The Labute approximate surface area is 130 Å². The van der Waals surface area contributed by atoms with E-state index in [9.17, 15) is 5.11 Å². The molecule has 2 aromatic rings. The van der Waals surface area contributed by atoms with Gasteiger partial charge in [-0.3, -0.25) is 9.13 Å². The molecule has 1 N–H and O–H groups in total. The van der Waals surface area contributed by atoms with Gasteiger partial charge in [0.25, 0.3) is 0 Å². The highest BCUT2D eigenvalue weighted by atomic mass is 16.3. The molecule has 2 aromatic heterocycles. The second-order valence-electron chi connectivity index (χ2n) is 5.35. The monoisotopic (exact) mass is 302 g/mol. The van der Waals surface area contributed by atoms with Crippen molar-refractivity contribution in [1.82, 2.24) is 19.1 Å². The smallest absolute Gasteiger partial charge is 0.168 e. The van der Waals surface area contributed by atoms with E-state index in [2.05, 4.69) is 20.0 Å². The minimum absolute atomic E-state index is 0.578. The van der Waals surface area contributed by atoms with Crippen molar-refractivity contribution in [3.05, 3.63) is 36.4 Å². The summed E-state index contributed by atoms with van der Waals surface area (Å²) in [6.07, 6.45) is 5.89. The SMILES string of the molecule is C/C(=N\C(/N=C(\C)n1cnc(C)c1)C(C)O)n1cnc(C)c1. The van der Waals surface area contributed by atoms with Crippen LogP contribution in [0.1, 0.15) is 32.2 Å². The van der Waals surface area contributed by atoms with Gasteiger partial charge in [0.15, 0.2) is 6.17 Å². The van der Waals surface area contributed by atoms with E-state index >= 15 is 0 Å². The molecule has 0 spiro atoms. The average Bonchev–Trinajstić information content (AvgIpc) is 3.06. The van der Waals surface area contributed by atoms with Crippen molar-refractivity contribution in [2.24, 2.45) is 9.98 Å². The normalized spacial score (nSPS) is 14.7. The zero-order valence-electron chi connectivity index (χ0n) is 13.6. The molecule has 0 aliphatic heterocycles. The van der Waals surface area contributed by atoms with E-state index in [0.29, 0.717) is 0 Å². The van der Waals surface area contributed by atoms with Crippen LogP contribution in [0.5, 0.6) is 0 Å². The average molecular weight is 302 g/mol. The van der Waals surface area contributed by atoms with Crippen molar-refractivity contribution < 1.29 is 5.11 Å². The fourth-order valence-electron chi connectivity index (χ4n) is 1.96. The Balaban J connectivity index is 2.26. The molecule has 0 bridgehead atoms. The molecular weight excluding hydrogens is 280 g/mol. The van der Waals surface area contributed by atoms with Crippen molar-refractivity contribution in [3.8, 4) is 0 Å². The van der Waals surface area contributed by atoms with Crippen LogP contribution in [0.4, 0.5) is 0 Å². The lowest BCUT2D eigenvalue weighted by Crippen LogP contribution is -2.24. The van der Waals surface area contributed by atoms with Gasteiger partial charge in [0, 0.05) is 12.4 Å². The maximum Gasteiger partial charge on any atom is 0.168 e. The first-order valence-electron chi connectivity index (χ1n) is 7.15. The third-order valence-corrected chi connectivity index (χ3v) is 3.24. The minimum Gasteiger partial charge on any atom is -0.389 e. The molecule has 7 heteroatoms. The number of nitrogens with zero attached hydrogens (tertiary/aromatic N) is 6. The summed E-state index contributed by atoms with van der Waals surface area (Å²) in [5.41, 5.74) is 1.83. The quantitative estimate of drug-likeness (QED) is 0.691. The topological polar surface area (TPSA) is 80.6 Å². The second kappa shape index (κ2) is 6.65. The van der Waals surface area contributed by atoms with Gasteiger partial charge in [0.2, 0.25) is 0 Å². The number of aryl methyl sites for hydroxylation is 2. The van der Waals surface area contributed by atoms with E-state index < -0.39 is 12.3 Å². The highest BCUT2D eigenvalue weighted by Gasteiger charge is 2.14.